The molecule has 2 unspecified atom stereocenters. The fourth-order valence-electron chi connectivity index (χ4n) is 1.83. The fraction of sp³-hybridized carbons (Fsp3) is 0.600. The van der Waals surface area contributed by atoms with Gasteiger partial charge in [0, 0.05) is 7.11 Å². The molecule has 0 saturated heterocycles. The number of hydrogen-bond acceptors (Lipinski definition) is 3. The normalized spacial score (nSPS) is 14.4. The number of methoxy groups -OCH3 is 1. The number of benzene rings is 1. The molecule has 0 aromatic heterocycles. The van der Waals surface area contributed by atoms with Crippen LogP contribution in [0.2, 0.25) is 0 Å². The second-order valence-electron chi connectivity index (χ2n) is 4.61. The highest BCUT2D eigenvalue weighted by molar-refractivity contribution is 5.24. The Morgan fingerprint density at radius 3 is 2.39 bits per heavy atom. The Hall–Kier alpha value is -0.900. The largest absolute Gasteiger partial charge is 0.386 e. The highest BCUT2D eigenvalue weighted by Crippen LogP contribution is 2.15. The highest BCUT2D eigenvalue weighted by atomic mass is 16.5. The summed E-state index contributed by atoms with van der Waals surface area (Å²) in [5.41, 5.74) is 2.21. The zero-order valence-electron chi connectivity index (χ0n) is 11.6. The molecular weight excluding hydrogens is 228 g/mol. The molecule has 18 heavy (non-hydrogen) atoms. The van der Waals surface area contributed by atoms with E-state index >= 15 is 0 Å². The predicted octanol–water partition coefficient (Wildman–Crippen LogP) is 2.72. The molecule has 102 valence electrons. The van der Waals surface area contributed by atoms with Crippen LogP contribution in [0.5, 0.6) is 0 Å². The molecule has 0 aliphatic rings. The maximum absolute atomic E-state index is 9.99. The summed E-state index contributed by atoms with van der Waals surface area (Å²) in [6.07, 6.45) is 1.65. The molecule has 1 aromatic carbocycles. The molecule has 0 spiro atoms. The van der Waals surface area contributed by atoms with Crippen LogP contribution in [-0.2, 0) is 15.9 Å². The summed E-state index contributed by atoms with van der Waals surface area (Å²) < 4.78 is 10.5. The van der Waals surface area contributed by atoms with Crippen molar-refractivity contribution in [2.75, 3.05) is 20.3 Å². The molecular formula is C15H24O3. The average Bonchev–Trinajstić information content (AvgIpc) is 2.37. The number of aliphatic hydroxyl groups is 1. The Morgan fingerprint density at radius 2 is 1.83 bits per heavy atom. The molecule has 1 aromatic rings. The van der Waals surface area contributed by atoms with E-state index in [9.17, 15) is 5.11 Å². The van der Waals surface area contributed by atoms with Gasteiger partial charge >= 0.3 is 0 Å². The van der Waals surface area contributed by atoms with Gasteiger partial charge in [-0.15, -0.1) is 0 Å². The SMILES string of the molecule is CCCc1ccc(C(O)COC(C)COC)cc1. The van der Waals surface area contributed by atoms with E-state index in [1.54, 1.807) is 7.11 Å². The molecule has 0 radical (unpaired) electrons. The van der Waals surface area contributed by atoms with Gasteiger partial charge in [0.25, 0.3) is 0 Å². The molecule has 0 saturated carbocycles. The maximum atomic E-state index is 9.99. The van der Waals surface area contributed by atoms with Gasteiger partial charge in [0.1, 0.15) is 6.10 Å². The molecule has 0 aliphatic heterocycles. The van der Waals surface area contributed by atoms with Crippen molar-refractivity contribution in [3.63, 3.8) is 0 Å². The number of rotatable bonds is 8. The molecule has 1 N–H and O–H groups in total. The Balaban J connectivity index is 2.43. The number of aryl methyl sites for hydroxylation is 1. The van der Waals surface area contributed by atoms with Crippen molar-refractivity contribution in [1.29, 1.82) is 0 Å². The van der Waals surface area contributed by atoms with E-state index in [1.807, 2.05) is 19.1 Å². The van der Waals surface area contributed by atoms with Crippen LogP contribution in [0.3, 0.4) is 0 Å². The summed E-state index contributed by atoms with van der Waals surface area (Å²) >= 11 is 0. The van der Waals surface area contributed by atoms with Crippen molar-refractivity contribution >= 4 is 0 Å². The molecule has 0 heterocycles. The van der Waals surface area contributed by atoms with Crippen LogP contribution >= 0.6 is 0 Å². The zero-order chi connectivity index (χ0) is 13.4. The minimum Gasteiger partial charge on any atom is -0.386 e. The molecule has 3 nitrogen and oxygen atoms in total. The lowest BCUT2D eigenvalue weighted by Gasteiger charge is -2.16. The third-order valence-electron chi connectivity index (χ3n) is 2.84. The lowest BCUT2D eigenvalue weighted by Crippen LogP contribution is -2.18. The first-order chi connectivity index (χ1) is 8.67. The molecule has 3 heteroatoms. The Morgan fingerprint density at radius 1 is 1.17 bits per heavy atom. The first kappa shape index (κ1) is 15.2. The first-order valence-corrected chi connectivity index (χ1v) is 6.54. The zero-order valence-corrected chi connectivity index (χ0v) is 11.6. The van der Waals surface area contributed by atoms with E-state index in [2.05, 4.69) is 19.1 Å². The summed E-state index contributed by atoms with van der Waals surface area (Å²) in [6.45, 7) is 4.94. The Bertz CT molecular complexity index is 321. The van der Waals surface area contributed by atoms with Crippen LogP contribution in [0.1, 0.15) is 37.5 Å². The van der Waals surface area contributed by atoms with Crippen LogP contribution < -0.4 is 0 Å². The van der Waals surface area contributed by atoms with Crippen molar-refractivity contribution < 1.29 is 14.6 Å². The third kappa shape index (κ3) is 5.17. The number of ether oxygens (including phenoxy) is 2. The first-order valence-electron chi connectivity index (χ1n) is 6.54. The third-order valence-corrected chi connectivity index (χ3v) is 2.84. The summed E-state index contributed by atoms with van der Waals surface area (Å²) in [6, 6.07) is 8.08. The van der Waals surface area contributed by atoms with E-state index in [4.69, 9.17) is 9.47 Å². The minimum absolute atomic E-state index is 0.00372. The van der Waals surface area contributed by atoms with Gasteiger partial charge < -0.3 is 14.6 Å². The van der Waals surface area contributed by atoms with Gasteiger partial charge in [0.15, 0.2) is 0 Å². The predicted molar refractivity (Wildman–Crippen MR) is 72.7 cm³/mol. The van der Waals surface area contributed by atoms with E-state index in [1.165, 1.54) is 5.56 Å². The van der Waals surface area contributed by atoms with E-state index in [0.29, 0.717) is 13.2 Å². The van der Waals surface area contributed by atoms with Crippen LogP contribution in [0.25, 0.3) is 0 Å². The van der Waals surface area contributed by atoms with Gasteiger partial charge in [0.05, 0.1) is 19.3 Å². The topological polar surface area (TPSA) is 38.7 Å². The molecule has 0 bridgehead atoms. The van der Waals surface area contributed by atoms with Crippen molar-refractivity contribution in [3.8, 4) is 0 Å². The summed E-state index contributed by atoms with van der Waals surface area (Å²) in [5.74, 6) is 0. The molecule has 0 aliphatic carbocycles. The minimum atomic E-state index is -0.569. The van der Waals surface area contributed by atoms with Crippen molar-refractivity contribution in [2.45, 2.75) is 38.9 Å². The van der Waals surface area contributed by atoms with E-state index < -0.39 is 6.10 Å². The maximum Gasteiger partial charge on any atom is 0.102 e. The van der Waals surface area contributed by atoms with Gasteiger partial charge in [0.2, 0.25) is 0 Å². The van der Waals surface area contributed by atoms with Gasteiger partial charge in [-0.25, -0.2) is 0 Å². The van der Waals surface area contributed by atoms with E-state index in [-0.39, 0.29) is 6.10 Å². The Kier molecular flexibility index (Phi) is 6.94. The quantitative estimate of drug-likeness (QED) is 0.773. The average molecular weight is 252 g/mol. The van der Waals surface area contributed by atoms with Crippen LogP contribution in [0.15, 0.2) is 24.3 Å². The van der Waals surface area contributed by atoms with Gasteiger partial charge in [-0.05, 0) is 24.5 Å². The summed E-state index contributed by atoms with van der Waals surface area (Å²) in [4.78, 5) is 0. The van der Waals surface area contributed by atoms with Crippen molar-refractivity contribution in [1.82, 2.24) is 0 Å². The van der Waals surface area contributed by atoms with Crippen LogP contribution in [-0.4, -0.2) is 31.5 Å². The monoisotopic (exact) mass is 252 g/mol. The number of aliphatic hydroxyl groups excluding tert-OH is 1. The van der Waals surface area contributed by atoms with Gasteiger partial charge in [-0.2, -0.15) is 0 Å². The molecule has 0 amide bonds. The van der Waals surface area contributed by atoms with Crippen LogP contribution in [0.4, 0.5) is 0 Å². The van der Waals surface area contributed by atoms with Crippen molar-refractivity contribution in [2.24, 2.45) is 0 Å². The van der Waals surface area contributed by atoms with Gasteiger partial charge in [-0.1, -0.05) is 37.6 Å². The molecule has 2 atom stereocenters. The van der Waals surface area contributed by atoms with Crippen molar-refractivity contribution in [3.05, 3.63) is 35.4 Å². The second-order valence-corrected chi connectivity index (χ2v) is 4.61. The van der Waals surface area contributed by atoms with E-state index in [0.717, 1.165) is 18.4 Å². The standard InChI is InChI=1S/C15H24O3/c1-4-5-13-6-8-14(9-7-13)15(16)11-18-12(2)10-17-3/h6-9,12,15-16H,4-5,10-11H2,1-3H3. The van der Waals surface area contributed by atoms with Gasteiger partial charge in [-0.3, -0.25) is 0 Å². The lowest BCUT2D eigenvalue weighted by molar-refractivity contribution is -0.0325. The highest BCUT2D eigenvalue weighted by Gasteiger charge is 2.10. The lowest BCUT2D eigenvalue weighted by atomic mass is 10.0. The van der Waals surface area contributed by atoms with Crippen LogP contribution in [0, 0.1) is 0 Å². The molecule has 1 rings (SSSR count). The summed E-state index contributed by atoms with van der Waals surface area (Å²) in [5, 5.41) is 9.99. The number of hydrogen-bond donors (Lipinski definition) is 1. The second kappa shape index (κ2) is 8.25. The summed E-state index contributed by atoms with van der Waals surface area (Å²) in [7, 11) is 1.64. The smallest absolute Gasteiger partial charge is 0.102 e. The molecule has 0 fully saturated rings. The Labute approximate surface area is 110 Å². The fourth-order valence-corrected chi connectivity index (χ4v) is 1.83.